The highest BCUT2D eigenvalue weighted by atomic mass is 32.2. The number of thiazole rings is 1. The van der Waals surface area contributed by atoms with E-state index in [2.05, 4.69) is 17.2 Å². The summed E-state index contributed by atoms with van der Waals surface area (Å²) in [5.74, 6) is 1.25. The summed E-state index contributed by atoms with van der Waals surface area (Å²) < 4.78 is 0. The number of aromatic nitrogens is 1. The van der Waals surface area contributed by atoms with Gasteiger partial charge in [-0.25, -0.2) is 4.98 Å². The van der Waals surface area contributed by atoms with E-state index in [4.69, 9.17) is 0 Å². The number of nitrogens with zero attached hydrogens (tertiary/aromatic N) is 2. The van der Waals surface area contributed by atoms with Gasteiger partial charge < -0.3 is 10.2 Å². The topological polar surface area (TPSA) is 62.3 Å². The maximum absolute atomic E-state index is 12.5. The molecule has 2 rings (SSSR count). The maximum Gasteiger partial charge on any atom is 0.235 e. The smallest absolute Gasteiger partial charge is 0.235 e. The van der Waals surface area contributed by atoms with Crippen LogP contribution in [0.4, 0.5) is 5.13 Å². The molecule has 1 N–H and O–H groups in total. The Morgan fingerprint density at radius 1 is 1.46 bits per heavy atom. The van der Waals surface area contributed by atoms with Crippen molar-refractivity contribution in [2.24, 2.45) is 5.92 Å². The van der Waals surface area contributed by atoms with Gasteiger partial charge in [0, 0.05) is 24.4 Å². The fourth-order valence-corrected chi connectivity index (χ4v) is 4.51. The summed E-state index contributed by atoms with van der Waals surface area (Å²) in [5.41, 5.74) is 0.922. The zero-order valence-electron chi connectivity index (χ0n) is 14.7. The standard InChI is InChI=1S/C17H27N3O2S2/c1-4-5-10-23-13(3)16(22)20-8-6-14(7-9-20)15(21)19-17-18-12(2)11-24-17/h11,13-14H,4-10H2,1-3H3,(H,18,19,21)/t13-/m1/s1. The molecule has 0 aromatic carbocycles. The number of hydrogen-bond donors (Lipinski definition) is 1. The first kappa shape index (κ1) is 19.2. The van der Waals surface area contributed by atoms with Crippen molar-refractivity contribution in [3.05, 3.63) is 11.1 Å². The second kappa shape index (κ2) is 9.42. The highest BCUT2D eigenvalue weighted by Gasteiger charge is 2.29. The number of likely N-dealkylation sites (tertiary alicyclic amines) is 1. The van der Waals surface area contributed by atoms with Gasteiger partial charge in [0.15, 0.2) is 5.13 Å². The van der Waals surface area contributed by atoms with Crippen LogP contribution in [-0.2, 0) is 9.59 Å². The molecule has 1 aliphatic heterocycles. The molecule has 0 bridgehead atoms. The molecular weight excluding hydrogens is 342 g/mol. The van der Waals surface area contributed by atoms with Crippen molar-refractivity contribution in [1.29, 1.82) is 0 Å². The van der Waals surface area contributed by atoms with Crippen molar-refractivity contribution in [2.45, 2.75) is 51.7 Å². The number of hydrogen-bond acceptors (Lipinski definition) is 5. The molecule has 2 amide bonds. The fraction of sp³-hybridized carbons (Fsp3) is 0.706. The molecule has 1 saturated heterocycles. The Bertz CT molecular complexity index is 554. The molecule has 7 heteroatoms. The molecule has 1 aliphatic rings. The Morgan fingerprint density at radius 2 is 2.17 bits per heavy atom. The number of anilines is 1. The van der Waals surface area contributed by atoms with E-state index in [9.17, 15) is 9.59 Å². The molecule has 1 atom stereocenters. The molecule has 0 saturated carbocycles. The number of carbonyl (C=O) groups is 2. The van der Waals surface area contributed by atoms with E-state index in [1.165, 1.54) is 11.3 Å². The maximum atomic E-state index is 12.5. The lowest BCUT2D eigenvalue weighted by atomic mass is 9.96. The van der Waals surface area contributed by atoms with Gasteiger partial charge in [0.25, 0.3) is 0 Å². The molecule has 1 fully saturated rings. The molecule has 0 aliphatic carbocycles. The van der Waals surface area contributed by atoms with Crippen molar-refractivity contribution in [2.75, 3.05) is 24.2 Å². The first-order valence-corrected chi connectivity index (χ1v) is 10.6. The molecular formula is C17H27N3O2S2. The van der Waals surface area contributed by atoms with Gasteiger partial charge in [-0.3, -0.25) is 9.59 Å². The van der Waals surface area contributed by atoms with Crippen LogP contribution >= 0.6 is 23.1 Å². The van der Waals surface area contributed by atoms with Gasteiger partial charge in [-0.1, -0.05) is 13.3 Å². The number of aryl methyl sites for hydroxylation is 1. The molecule has 5 nitrogen and oxygen atoms in total. The van der Waals surface area contributed by atoms with Crippen LogP contribution in [0.15, 0.2) is 5.38 Å². The summed E-state index contributed by atoms with van der Waals surface area (Å²) in [5, 5.41) is 5.50. The van der Waals surface area contributed by atoms with Gasteiger partial charge in [-0.15, -0.1) is 23.1 Å². The second-order valence-corrected chi connectivity index (χ2v) is 8.56. The van der Waals surface area contributed by atoms with E-state index in [0.29, 0.717) is 18.2 Å². The number of amides is 2. The minimum absolute atomic E-state index is 0.0141. The third kappa shape index (κ3) is 5.48. The quantitative estimate of drug-likeness (QED) is 0.747. The van der Waals surface area contributed by atoms with Gasteiger partial charge in [0.1, 0.15) is 0 Å². The first-order chi connectivity index (χ1) is 11.5. The van der Waals surface area contributed by atoms with Crippen LogP contribution in [-0.4, -0.2) is 45.8 Å². The third-order valence-electron chi connectivity index (χ3n) is 4.24. The lowest BCUT2D eigenvalue weighted by Gasteiger charge is -2.32. The van der Waals surface area contributed by atoms with Crippen LogP contribution in [0.2, 0.25) is 0 Å². The summed E-state index contributed by atoms with van der Waals surface area (Å²) in [6.07, 6.45) is 3.77. The molecule has 0 spiro atoms. The van der Waals surface area contributed by atoms with Crippen LogP contribution < -0.4 is 5.32 Å². The molecule has 134 valence electrons. The SMILES string of the molecule is CCCCS[C@H](C)C(=O)N1CCC(C(=O)Nc2nc(C)cs2)CC1. The van der Waals surface area contributed by atoms with E-state index in [0.717, 1.165) is 37.1 Å². The lowest BCUT2D eigenvalue weighted by molar-refractivity contribution is -0.133. The minimum atomic E-state index is -0.0266. The fourth-order valence-electron chi connectivity index (χ4n) is 2.71. The zero-order chi connectivity index (χ0) is 17.5. The Morgan fingerprint density at radius 3 is 2.75 bits per heavy atom. The van der Waals surface area contributed by atoms with Crippen LogP contribution in [0, 0.1) is 12.8 Å². The monoisotopic (exact) mass is 369 g/mol. The largest absolute Gasteiger partial charge is 0.342 e. The molecule has 0 radical (unpaired) electrons. The van der Waals surface area contributed by atoms with Crippen LogP contribution in [0.25, 0.3) is 0 Å². The van der Waals surface area contributed by atoms with Crippen molar-refractivity contribution in [3.8, 4) is 0 Å². The average molecular weight is 370 g/mol. The molecule has 1 aromatic rings. The Hall–Kier alpha value is -1.08. The summed E-state index contributed by atoms with van der Waals surface area (Å²) in [6, 6.07) is 0. The van der Waals surface area contributed by atoms with Gasteiger partial charge >= 0.3 is 0 Å². The molecule has 1 aromatic heterocycles. The third-order valence-corrected chi connectivity index (χ3v) is 6.34. The molecule has 24 heavy (non-hydrogen) atoms. The highest BCUT2D eigenvalue weighted by Crippen LogP contribution is 2.23. The van der Waals surface area contributed by atoms with Crippen LogP contribution in [0.5, 0.6) is 0 Å². The number of rotatable bonds is 7. The Balaban J connectivity index is 1.76. The average Bonchev–Trinajstić information content (AvgIpc) is 2.99. The number of nitrogens with one attached hydrogen (secondary N) is 1. The first-order valence-electron chi connectivity index (χ1n) is 8.64. The number of thioether (sulfide) groups is 1. The number of unbranched alkanes of at least 4 members (excludes halogenated alkanes) is 1. The Kier molecular flexibility index (Phi) is 7.55. The minimum Gasteiger partial charge on any atom is -0.342 e. The van der Waals surface area contributed by atoms with Crippen LogP contribution in [0.1, 0.15) is 45.2 Å². The summed E-state index contributed by atoms with van der Waals surface area (Å²) in [6.45, 7) is 7.41. The van der Waals surface area contributed by atoms with E-state index in [1.54, 1.807) is 11.8 Å². The number of carbonyl (C=O) groups excluding carboxylic acids is 2. The van der Waals surface area contributed by atoms with E-state index in [1.807, 2.05) is 24.1 Å². The molecule has 0 unspecified atom stereocenters. The Labute approximate surface area is 152 Å². The van der Waals surface area contributed by atoms with E-state index < -0.39 is 0 Å². The van der Waals surface area contributed by atoms with E-state index >= 15 is 0 Å². The van der Waals surface area contributed by atoms with Crippen molar-refractivity contribution >= 4 is 40.0 Å². The lowest BCUT2D eigenvalue weighted by Crippen LogP contribution is -2.44. The second-order valence-electron chi connectivity index (χ2n) is 6.25. The van der Waals surface area contributed by atoms with Gasteiger partial charge in [-0.2, -0.15) is 0 Å². The van der Waals surface area contributed by atoms with Crippen molar-refractivity contribution < 1.29 is 9.59 Å². The van der Waals surface area contributed by atoms with Gasteiger partial charge in [0.2, 0.25) is 11.8 Å². The molecule has 2 heterocycles. The summed E-state index contributed by atoms with van der Waals surface area (Å²) in [4.78, 5) is 31.0. The normalized spacial score (nSPS) is 16.9. The highest BCUT2D eigenvalue weighted by molar-refractivity contribution is 8.00. The van der Waals surface area contributed by atoms with Gasteiger partial charge in [-0.05, 0) is 38.9 Å². The zero-order valence-corrected chi connectivity index (χ0v) is 16.3. The van der Waals surface area contributed by atoms with Crippen molar-refractivity contribution in [3.63, 3.8) is 0 Å². The number of piperidine rings is 1. The predicted octanol–water partition coefficient (Wildman–Crippen LogP) is 3.55. The predicted molar refractivity (Wildman–Crippen MR) is 102 cm³/mol. The van der Waals surface area contributed by atoms with Crippen molar-refractivity contribution in [1.82, 2.24) is 9.88 Å². The van der Waals surface area contributed by atoms with Crippen LogP contribution in [0.3, 0.4) is 0 Å². The van der Waals surface area contributed by atoms with Gasteiger partial charge in [0.05, 0.1) is 10.9 Å². The summed E-state index contributed by atoms with van der Waals surface area (Å²) in [7, 11) is 0. The van der Waals surface area contributed by atoms with E-state index in [-0.39, 0.29) is 23.0 Å². The summed E-state index contributed by atoms with van der Waals surface area (Å²) >= 11 is 3.19.